The molecule has 1 heterocycles. The maximum atomic E-state index is 11.0. The lowest BCUT2D eigenvalue weighted by Crippen LogP contribution is -2.05. The van der Waals surface area contributed by atoms with E-state index >= 15 is 0 Å². The summed E-state index contributed by atoms with van der Waals surface area (Å²) < 4.78 is 5.22. The van der Waals surface area contributed by atoms with Crippen LogP contribution in [0.25, 0.3) is 0 Å². The van der Waals surface area contributed by atoms with Crippen LogP contribution in [0, 0.1) is 11.3 Å². The molecule has 0 amide bonds. The van der Waals surface area contributed by atoms with E-state index in [1.807, 2.05) is 6.07 Å². The van der Waals surface area contributed by atoms with Gasteiger partial charge in [-0.05, 0) is 27.6 Å². The second kappa shape index (κ2) is 4.72. The Morgan fingerprint density at radius 2 is 2.50 bits per heavy atom. The number of carbonyl (C=O) groups excluding carboxylic acids is 1. The van der Waals surface area contributed by atoms with Crippen LogP contribution in [0.4, 0.5) is 0 Å². The van der Waals surface area contributed by atoms with Crippen LogP contribution in [0.3, 0.4) is 0 Å². The Bertz CT molecular complexity index is 398. The van der Waals surface area contributed by atoms with E-state index in [9.17, 15) is 4.79 Å². The van der Waals surface area contributed by atoms with Gasteiger partial charge >= 0.3 is 5.97 Å². The van der Waals surface area contributed by atoms with Gasteiger partial charge in [0.25, 0.3) is 0 Å². The van der Waals surface area contributed by atoms with Crippen molar-refractivity contribution >= 4 is 21.9 Å². The number of carbonyl (C=O) groups is 1. The Kier molecular flexibility index (Phi) is 3.60. The minimum Gasteiger partial charge on any atom is -0.469 e. The molecule has 0 aliphatic rings. The van der Waals surface area contributed by atoms with E-state index in [1.165, 1.54) is 13.3 Å². The monoisotopic (exact) mass is 254 g/mol. The standard InChI is InChI=1S/C9H7BrN2O2/c1-14-9(13)3-6-2-7(4-11)12-5-8(6)10/h2,5H,3H2,1H3. The molecule has 14 heavy (non-hydrogen) atoms. The second-order valence-corrected chi connectivity index (χ2v) is 3.38. The summed E-state index contributed by atoms with van der Waals surface area (Å²) in [5.41, 5.74) is 0.982. The molecular formula is C9H7BrN2O2. The number of hydrogen-bond acceptors (Lipinski definition) is 4. The average Bonchev–Trinajstić information content (AvgIpc) is 2.21. The van der Waals surface area contributed by atoms with Crippen molar-refractivity contribution in [3.8, 4) is 6.07 Å². The highest BCUT2D eigenvalue weighted by Crippen LogP contribution is 2.16. The van der Waals surface area contributed by atoms with Gasteiger partial charge in [-0.15, -0.1) is 0 Å². The van der Waals surface area contributed by atoms with Crippen LogP contribution in [-0.2, 0) is 16.0 Å². The van der Waals surface area contributed by atoms with Crippen LogP contribution in [0.15, 0.2) is 16.7 Å². The molecular weight excluding hydrogens is 248 g/mol. The molecule has 0 saturated carbocycles. The quantitative estimate of drug-likeness (QED) is 0.750. The molecule has 0 N–H and O–H groups in total. The number of nitrogens with zero attached hydrogens (tertiary/aromatic N) is 2. The molecule has 1 aromatic heterocycles. The molecule has 1 rings (SSSR count). The Morgan fingerprint density at radius 1 is 1.79 bits per heavy atom. The van der Waals surface area contributed by atoms with Crippen LogP contribution in [0.1, 0.15) is 11.3 Å². The van der Waals surface area contributed by atoms with Crippen LogP contribution >= 0.6 is 15.9 Å². The first-order valence-electron chi connectivity index (χ1n) is 3.78. The topological polar surface area (TPSA) is 63.0 Å². The lowest BCUT2D eigenvalue weighted by molar-refractivity contribution is -0.139. The zero-order valence-corrected chi connectivity index (χ0v) is 9.04. The van der Waals surface area contributed by atoms with E-state index in [2.05, 4.69) is 25.7 Å². The van der Waals surface area contributed by atoms with Gasteiger partial charge in [-0.1, -0.05) is 0 Å². The Balaban J connectivity index is 2.96. The van der Waals surface area contributed by atoms with Crippen molar-refractivity contribution in [1.82, 2.24) is 4.98 Å². The summed E-state index contributed by atoms with van der Waals surface area (Å²) in [5, 5.41) is 8.60. The van der Waals surface area contributed by atoms with Crippen molar-refractivity contribution in [2.45, 2.75) is 6.42 Å². The Labute approximate surface area is 89.6 Å². The molecule has 0 unspecified atom stereocenters. The van der Waals surface area contributed by atoms with Gasteiger partial charge in [0, 0.05) is 10.7 Å². The molecule has 0 saturated heterocycles. The van der Waals surface area contributed by atoms with Gasteiger partial charge < -0.3 is 4.74 Å². The predicted octanol–water partition coefficient (Wildman–Crippen LogP) is 1.43. The average molecular weight is 255 g/mol. The van der Waals surface area contributed by atoms with E-state index < -0.39 is 0 Å². The highest BCUT2D eigenvalue weighted by Gasteiger charge is 2.08. The third-order valence-corrected chi connectivity index (χ3v) is 2.33. The molecule has 0 atom stereocenters. The third-order valence-electron chi connectivity index (χ3n) is 1.61. The number of pyridine rings is 1. The van der Waals surface area contributed by atoms with Gasteiger partial charge in [-0.25, -0.2) is 4.98 Å². The van der Waals surface area contributed by atoms with Gasteiger partial charge in [0.15, 0.2) is 0 Å². The minimum absolute atomic E-state index is 0.133. The van der Waals surface area contributed by atoms with Gasteiger partial charge in [0.1, 0.15) is 11.8 Å². The number of esters is 1. The van der Waals surface area contributed by atoms with E-state index in [1.54, 1.807) is 6.07 Å². The molecule has 0 aliphatic carbocycles. The number of rotatable bonds is 2. The normalized spacial score (nSPS) is 9.21. The van der Waals surface area contributed by atoms with E-state index in [0.717, 1.165) is 0 Å². The highest BCUT2D eigenvalue weighted by atomic mass is 79.9. The van der Waals surface area contributed by atoms with Gasteiger partial charge in [0.05, 0.1) is 13.5 Å². The number of hydrogen-bond donors (Lipinski definition) is 0. The molecule has 0 radical (unpaired) electrons. The molecule has 0 spiro atoms. The van der Waals surface area contributed by atoms with Crippen molar-refractivity contribution in [2.75, 3.05) is 7.11 Å². The van der Waals surface area contributed by atoms with Crippen molar-refractivity contribution in [3.05, 3.63) is 28.0 Å². The fourth-order valence-corrected chi connectivity index (χ4v) is 1.26. The smallest absolute Gasteiger partial charge is 0.310 e. The predicted molar refractivity (Wildman–Crippen MR) is 52.4 cm³/mol. The summed E-state index contributed by atoms with van der Waals surface area (Å²) in [5.74, 6) is -0.346. The zero-order valence-electron chi connectivity index (χ0n) is 7.45. The number of nitriles is 1. The lowest BCUT2D eigenvalue weighted by Gasteiger charge is -2.02. The maximum absolute atomic E-state index is 11.0. The van der Waals surface area contributed by atoms with Crippen molar-refractivity contribution in [2.24, 2.45) is 0 Å². The molecule has 0 fully saturated rings. The molecule has 0 aromatic carbocycles. The molecule has 0 bridgehead atoms. The minimum atomic E-state index is -0.346. The first kappa shape index (κ1) is 10.7. The third kappa shape index (κ3) is 2.54. The molecule has 4 nitrogen and oxygen atoms in total. The number of aromatic nitrogens is 1. The number of ether oxygens (including phenoxy) is 1. The highest BCUT2D eigenvalue weighted by molar-refractivity contribution is 9.10. The van der Waals surface area contributed by atoms with Crippen molar-refractivity contribution in [1.29, 1.82) is 5.26 Å². The van der Waals surface area contributed by atoms with Gasteiger partial charge in [-0.3, -0.25) is 4.79 Å². The molecule has 72 valence electrons. The fourth-order valence-electron chi connectivity index (χ4n) is 0.905. The summed E-state index contributed by atoms with van der Waals surface area (Å²) in [6.45, 7) is 0. The summed E-state index contributed by atoms with van der Waals surface area (Å²) in [6, 6.07) is 3.46. The SMILES string of the molecule is COC(=O)Cc1cc(C#N)ncc1Br. The maximum Gasteiger partial charge on any atom is 0.310 e. The summed E-state index contributed by atoms with van der Waals surface area (Å²) >= 11 is 3.24. The van der Waals surface area contributed by atoms with Gasteiger partial charge in [-0.2, -0.15) is 5.26 Å². The molecule has 1 aromatic rings. The molecule has 5 heteroatoms. The Hall–Kier alpha value is -1.41. The lowest BCUT2D eigenvalue weighted by atomic mass is 10.2. The van der Waals surface area contributed by atoms with Crippen molar-refractivity contribution < 1.29 is 9.53 Å². The van der Waals surface area contributed by atoms with E-state index in [4.69, 9.17) is 5.26 Å². The summed E-state index contributed by atoms with van der Waals surface area (Å²) in [4.78, 5) is 14.8. The van der Waals surface area contributed by atoms with E-state index in [0.29, 0.717) is 10.0 Å². The fraction of sp³-hybridized carbons (Fsp3) is 0.222. The number of methoxy groups -OCH3 is 1. The van der Waals surface area contributed by atoms with Crippen LogP contribution < -0.4 is 0 Å². The van der Waals surface area contributed by atoms with Crippen LogP contribution in [-0.4, -0.2) is 18.1 Å². The summed E-state index contributed by atoms with van der Waals surface area (Å²) in [7, 11) is 1.32. The number of halogens is 1. The summed E-state index contributed by atoms with van der Waals surface area (Å²) in [6.07, 6.45) is 1.63. The zero-order chi connectivity index (χ0) is 10.6. The van der Waals surface area contributed by atoms with Crippen molar-refractivity contribution in [3.63, 3.8) is 0 Å². The van der Waals surface area contributed by atoms with E-state index in [-0.39, 0.29) is 18.1 Å². The van der Waals surface area contributed by atoms with Gasteiger partial charge in [0.2, 0.25) is 0 Å². The first-order valence-corrected chi connectivity index (χ1v) is 4.58. The Morgan fingerprint density at radius 3 is 3.07 bits per heavy atom. The van der Waals surface area contributed by atoms with Crippen LogP contribution in [0.5, 0.6) is 0 Å². The molecule has 0 aliphatic heterocycles. The first-order chi connectivity index (χ1) is 6.67. The second-order valence-electron chi connectivity index (χ2n) is 2.53. The van der Waals surface area contributed by atoms with Crippen LogP contribution in [0.2, 0.25) is 0 Å². The largest absolute Gasteiger partial charge is 0.469 e.